The number of aromatic nitrogens is 2. The summed E-state index contributed by atoms with van der Waals surface area (Å²) < 4.78 is 28.1. The first-order valence-corrected chi connectivity index (χ1v) is 9.56. The van der Waals surface area contributed by atoms with Gasteiger partial charge in [0.05, 0.1) is 0 Å². The van der Waals surface area contributed by atoms with Crippen molar-refractivity contribution in [2.24, 2.45) is 0 Å². The minimum Gasteiger partial charge on any atom is -0.463 e. The van der Waals surface area contributed by atoms with E-state index in [0.29, 0.717) is 0 Å². The van der Waals surface area contributed by atoms with Crippen LogP contribution in [0.25, 0.3) is 0 Å². The fourth-order valence-electron chi connectivity index (χ4n) is 3.23. The zero-order valence-electron chi connectivity index (χ0n) is 18.2. The minimum atomic E-state index is -1.28. The van der Waals surface area contributed by atoms with Crippen LogP contribution in [0.4, 0.5) is 5.82 Å². The fraction of sp³-hybridized carbons (Fsp3) is 0.579. The van der Waals surface area contributed by atoms with Gasteiger partial charge in [0.15, 0.2) is 18.4 Å². The van der Waals surface area contributed by atoms with Crippen molar-refractivity contribution >= 4 is 29.6 Å². The lowest BCUT2D eigenvalue weighted by Crippen LogP contribution is -2.60. The second kappa shape index (κ2) is 10.8. The van der Waals surface area contributed by atoms with E-state index in [2.05, 4.69) is 10.3 Å². The topological polar surface area (TPSA) is 161 Å². The number of nitrogens with one attached hydrogen (secondary N) is 1. The molecule has 32 heavy (non-hydrogen) atoms. The maximum absolute atomic E-state index is 12.6. The summed E-state index contributed by atoms with van der Waals surface area (Å²) in [7, 11) is 1.30. The highest BCUT2D eigenvalue weighted by molar-refractivity contribution is 5.87. The van der Waals surface area contributed by atoms with Gasteiger partial charge in [-0.3, -0.25) is 23.7 Å². The first-order valence-electron chi connectivity index (χ1n) is 9.56. The van der Waals surface area contributed by atoms with Crippen LogP contribution in [0.2, 0.25) is 0 Å². The van der Waals surface area contributed by atoms with Crippen LogP contribution in [-0.4, -0.2) is 71.5 Å². The molecule has 0 aromatic carbocycles. The van der Waals surface area contributed by atoms with Crippen LogP contribution in [0.5, 0.6) is 0 Å². The average Bonchev–Trinajstić information content (AvgIpc) is 2.66. The molecule has 1 aliphatic heterocycles. The van der Waals surface area contributed by atoms with Gasteiger partial charge in [0.2, 0.25) is 5.91 Å². The molecule has 1 aliphatic rings. The molecule has 1 amide bonds. The Balaban J connectivity index is 2.51. The van der Waals surface area contributed by atoms with Crippen molar-refractivity contribution in [2.75, 3.05) is 19.0 Å². The van der Waals surface area contributed by atoms with E-state index >= 15 is 0 Å². The molecule has 13 heteroatoms. The molecule has 0 saturated carbocycles. The number of amides is 1. The van der Waals surface area contributed by atoms with Crippen molar-refractivity contribution < 1.29 is 42.9 Å². The highest BCUT2D eigenvalue weighted by Crippen LogP contribution is 2.33. The molecule has 1 fully saturated rings. The van der Waals surface area contributed by atoms with Gasteiger partial charge in [-0.25, -0.2) is 4.79 Å². The minimum absolute atomic E-state index is 0.0103. The molecule has 1 saturated heterocycles. The molecule has 1 N–H and O–H groups in total. The van der Waals surface area contributed by atoms with E-state index < -0.39 is 60.1 Å². The normalized spacial score (nSPS) is 24.8. The molecular weight excluding hydrogens is 430 g/mol. The van der Waals surface area contributed by atoms with Crippen LogP contribution in [0.15, 0.2) is 17.1 Å². The summed E-state index contributed by atoms with van der Waals surface area (Å²) in [5.41, 5.74) is -0.828. The van der Waals surface area contributed by atoms with Crippen LogP contribution in [0.3, 0.4) is 0 Å². The highest BCUT2D eigenvalue weighted by Gasteiger charge is 2.51. The van der Waals surface area contributed by atoms with Gasteiger partial charge in [0.1, 0.15) is 24.6 Å². The van der Waals surface area contributed by atoms with Gasteiger partial charge < -0.3 is 29.0 Å². The van der Waals surface area contributed by atoms with E-state index in [1.54, 1.807) is 0 Å². The number of hydrogen-bond donors (Lipinski definition) is 1. The summed E-state index contributed by atoms with van der Waals surface area (Å²) in [6.45, 7) is 4.43. The standard InChI is InChI=1S/C19H25N3O10/c1-9(23)20-14-6-7-22(19(27)21-14)18-17(31-12(4)26)16(28-5)15(30-11(3)25)13(32-18)8-29-10(2)24/h6-7,13,15-18H,8H2,1-5H3,(H,20,21,23,27)/t13-,15-,16+,17-,18-/m1/s1. The molecule has 5 atom stereocenters. The number of anilines is 1. The van der Waals surface area contributed by atoms with Gasteiger partial charge in [-0.1, -0.05) is 0 Å². The predicted octanol–water partition coefficient (Wildman–Crippen LogP) is -0.459. The Hall–Kier alpha value is -3.32. The summed E-state index contributed by atoms with van der Waals surface area (Å²) in [4.78, 5) is 62.4. The fourth-order valence-corrected chi connectivity index (χ4v) is 3.23. The van der Waals surface area contributed by atoms with Crippen LogP contribution < -0.4 is 11.0 Å². The number of hydrogen-bond acceptors (Lipinski definition) is 11. The van der Waals surface area contributed by atoms with Crippen molar-refractivity contribution in [3.63, 3.8) is 0 Å². The third-order valence-corrected chi connectivity index (χ3v) is 4.34. The third kappa shape index (κ3) is 6.34. The SMILES string of the molecule is CO[C@@H]1[C@@H](OC(C)=O)[C@H](n2ccc(NC(C)=O)nc2=O)O[C@H](COC(C)=O)[C@H]1OC(C)=O. The van der Waals surface area contributed by atoms with Crippen LogP contribution >= 0.6 is 0 Å². The summed E-state index contributed by atoms with van der Waals surface area (Å²) in [5.74, 6) is -2.41. The summed E-state index contributed by atoms with van der Waals surface area (Å²) >= 11 is 0. The van der Waals surface area contributed by atoms with Gasteiger partial charge in [-0.2, -0.15) is 4.98 Å². The molecule has 176 valence electrons. The predicted molar refractivity (Wildman–Crippen MR) is 105 cm³/mol. The Kier molecular flexibility index (Phi) is 8.43. The molecule has 1 aromatic rings. The third-order valence-electron chi connectivity index (χ3n) is 4.34. The largest absolute Gasteiger partial charge is 0.463 e. The van der Waals surface area contributed by atoms with E-state index in [1.165, 1.54) is 33.2 Å². The lowest BCUT2D eigenvalue weighted by atomic mass is 9.97. The first-order chi connectivity index (χ1) is 15.0. The number of methoxy groups -OCH3 is 1. The Morgan fingerprint density at radius 3 is 2.16 bits per heavy atom. The molecule has 0 aliphatic carbocycles. The van der Waals surface area contributed by atoms with Crippen LogP contribution in [-0.2, 0) is 42.9 Å². The number of carbonyl (C=O) groups excluding carboxylic acids is 4. The molecule has 0 spiro atoms. The molecule has 0 radical (unpaired) electrons. The maximum Gasteiger partial charge on any atom is 0.351 e. The molecule has 1 aromatic heterocycles. The van der Waals surface area contributed by atoms with Crippen molar-refractivity contribution in [3.8, 4) is 0 Å². The molecule has 2 heterocycles. The lowest BCUT2D eigenvalue weighted by molar-refractivity contribution is -0.269. The highest BCUT2D eigenvalue weighted by atomic mass is 16.6. The van der Waals surface area contributed by atoms with E-state index in [4.69, 9.17) is 23.7 Å². The number of nitrogens with zero attached hydrogens (tertiary/aromatic N) is 2. The van der Waals surface area contributed by atoms with Gasteiger partial charge >= 0.3 is 23.6 Å². The Bertz CT molecular complexity index is 930. The second-order valence-electron chi connectivity index (χ2n) is 6.90. The maximum atomic E-state index is 12.6. The molecule has 13 nitrogen and oxygen atoms in total. The van der Waals surface area contributed by atoms with Gasteiger partial charge in [0.25, 0.3) is 0 Å². The zero-order valence-corrected chi connectivity index (χ0v) is 18.2. The smallest absolute Gasteiger partial charge is 0.351 e. The van der Waals surface area contributed by atoms with Crippen molar-refractivity contribution in [1.82, 2.24) is 9.55 Å². The Morgan fingerprint density at radius 2 is 1.66 bits per heavy atom. The van der Waals surface area contributed by atoms with Crippen LogP contribution in [0, 0.1) is 0 Å². The summed E-state index contributed by atoms with van der Waals surface area (Å²) in [5, 5.41) is 2.38. The lowest BCUT2D eigenvalue weighted by Gasteiger charge is -2.44. The van der Waals surface area contributed by atoms with E-state index in [9.17, 15) is 24.0 Å². The Labute approximate surface area is 182 Å². The van der Waals surface area contributed by atoms with Crippen molar-refractivity contribution in [3.05, 3.63) is 22.7 Å². The van der Waals surface area contributed by atoms with E-state index in [0.717, 1.165) is 18.4 Å². The number of rotatable bonds is 7. The summed E-state index contributed by atoms with van der Waals surface area (Å²) in [6.07, 6.45) is -4.50. The zero-order chi connectivity index (χ0) is 24.0. The number of ether oxygens (including phenoxy) is 5. The molecule has 0 bridgehead atoms. The van der Waals surface area contributed by atoms with Gasteiger partial charge in [-0.05, 0) is 6.07 Å². The first kappa shape index (κ1) is 24.9. The van der Waals surface area contributed by atoms with E-state index in [-0.39, 0.29) is 12.4 Å². The number of carbonyl (C=O) groups is 4. The van der Waals surface area contributed by atoms with Gasteiger partial charge in [0, 0.05) is 41.0 Å². The van der Waals surface area contributed by atoms with Crippen molar-refractivity contribution in [1.29, 1.82) is 0 Å². The Morgan fingerprint density at radius 1 is 1.03 bits per heavy atom. The van der Waals surface area contributed by atoms with E-state index in [1.807, 2.05) is 0 Å². The van der Waals surface area contributed by atoms with Crippen molar-refractivity contribution in [2.45, 2.75) is 58.3 Å². The molecule has 2 rings (SSSR count). The molecular formula is C19H25N3O10. The van der Waals surface area contributed by atoms with Gasteiger partial charge in [-0.15, -0.1) is 0 Å². The number of esters is 3. The molecule has 0 unspecified atom stereocenters. The monoisotopic (exact) mass is 455 g/mol. The quantitative estimate of drug-likeness (QED) is 0.418. The summed E-state index contributed by atoms with van der Waals surface area (Å²) in [6, 6.07) is 1.35. The second-order valence-corrected chi connectivity index (χ2v) is 6.90. The van der Waals surface area contributed by atoms with Crippen LogP contribution in [0.1, 0.15) is 33.9 Å². The average molecular weight is 455 g/mol.